The van der Waals surface area contributed by atoms with Gasteiger partial charge in [-0.05, 0) is 12.5 Å². The summed E-state index contributed by atoms with van der Waals surface area (Å²) in [5, 5.41) is 3.90. The second kappa shape index (κ2) is 3.90. The van der Waals surface area contributed by atoms with Crippen LogP contribution in [0.3, 0.4) is 0 Å². The van der Waals surface area contributed by atoms with E-state index in [-0.39, 0.29) is 11.2 Å². The number of rotatable bonds is 3. The molecule has 0 aliphatic carbocycles. The highest BCUT2D eigenvalue weighted by molar-refractivity contribution is 5.31. The average molecular weight is 167 g/mol. The van der Waals surface area contributed by atoms with Crippen LogP contribution in [0.15, 0.2) is 17.1 Å². The van der Waals surface area contributed by atoms with Crippen molar-refractivity contribution in [3.05, 3.63) is 22.6 Å². The van der Waals surface area contributed by atoms with Crippen molar-refractivity contribution in [2.45, 2.75) is 26.3 Å². The summed E-state index contributed by atoms with van der Waals surface area (Å²) >= 11 is 0. The normalized spacial score (nSPS) is 10.1. The van der Waals surface area contributed by atoms with Crippen LogP contribution in [0.1, 0.15) is 19.8 Å². The second-order valence-corrected chi connectivity index (χ2v) is 2.67. The summed E-state index contributed by atoms with van der Waals surface area (Å²) in [6, 6.07) is 1.52. The Morgan fingerprint density at radius 2 is 2.42 bits per heavy atom. The highest BCUT2D eigenvalue weighted by Crippen LogP contribution is 1.92. The van der Waals surface area contributed by atoms with E-state index < -0.39 is 0 Å². The van der Waals surface area contributed by atoms with Gasteiger partial charge < -0.3 is 5.73 Å². The molecule has 1 heterocycles. The quantitative estimate of drug-likeness (QED) is 0.718. The van der Waals surface area contributed by atoms with E-state index in [9.17, 15) is 4.79 Å². The zero-order valence-electron chi connectivity index (χ0n) is 7.16. The van der Waals surface area contributed by atoms with Gasteiger partial charge in [0.05, 0.1) is 0 Å². The van der Waals surface area contributed by atoms with E-state index >= 15 is 0 Å². The van der Waals surface area contributed by atoms with Crippen LogP contribution in [0.4, 0.5) is 5.69 Å². The number of aryl methyl sites for hydroxylation is 1. The molecular weight excluding hydrogens is 154 g/mol. The van der Waals surface area contributed by atoms with Gasteiger partial charge in [0.25, 0.3) is 5.56 Å². The summed E-state index contributed by atoms with van der Waals surface area (Å²) in [5.41, 5.74) is 5.50. The number of nitrogens with two attached hydrogens (primary N) is 1. The first-order chi connectivity index (χ1) is 5.75. The fourth-order valence-corrected chi connectivity index (χ4v) is 0.934. The molecule has 0 saturated heterocycles. The number of nitrogen functional groups attached to an aromatic ring is 1. The summed E-state index contributed by atoms with van der Waals surface area (Å²) in [7, 11) is 0. The third kappa shape index (κ3) is 1.84. The molecule has 1 rings (SSSR count). The zero-order valence-corrected chi connectivity index (χ0v) is 7.16. The van der Waals surface area contributed by atoms with Gasteiger partial charge in [-0.25, -0.2) is 4.68 Å². The number of anilines is 1. The van der Waals surface area contributed by atoms with Crippen molar-refractivity contribution in [1.82, 2.24) is 9.78 Å². The number of nitrogens with zero attached hydrogens (tertiary/aromatic N) is 2. The van der Waals surface area contributed by atoms with E-state index in [1.165, 1.54) is 10.7 Å². The maximum absolute atomic E-state index is 11.3. The second-order valence-electron chi connectivity index (χ2n) is 2.67. The molecule has 0 unspecified atom stereocenters. The molecular formula is C8H13N3O. The number of aromatic nitrogens is 2. The fraction of sp³-hybridized carbons (Fsp3) is 0.500. The van der Waals surface area contributed by atoms with Gasteiger partial charge in [0, 0.05) is 12.7 Å². The molecule has 0 bridgehead atoms. The van der Waals surface area contributed by atoms with Gasteiger partial charge in [-0.2, -0.15) is 5.10 Å². The molecule has 1 aromatic heterocycles. The average Bonchev–Trinajstić information content (AvgIpc) is 2.08. The Labute approximate surface area is 71.0 Å². The van der Waals surface area contributed by atoms with Crippen LogP contribution in [0.5, 0.6) is 0 Å². The number of hydrogen-bond acceptors (Lipinski definition) is 3. The SMILES string of the molecule is CCCCn1nccc(N)c1=O. The minimum atomic E-state index is -0.189. The maximum atomic E-state index is 11.3. The molecule has 0 aliphatic heterocycles. The Hall–Kier alpha value is -1.32. The smallest absolute Gasteiger partial charge is 0.289 e. The van der Waals surface area contributed by atoms with Crippen LogP contribution in [0, 0.1) is 0 Å². The van der Waals surface area contributed by atoms with Crippen LogP contribution in [0.25, 0.3) is 0 Å². The predicted molar refractivity (Wildman–Crippen MR) is 47.8 cm³/mol. The Balaban J connectivity index is 2.85. The minimum Gasteiger partial charge on any atom is -0.394 e. The first kappa shape index (κ1) is 8.77. The maximum Gasteiger partial charge on any atom is 0.289 e. The zero-order chi connectivity index (χ0) is 8.97. The molecule has 0 saturated carbocycles. The van der Waals surface area contributed by atoms with Crippen LogP contribution in [0.2, 0.25) is 0 Å². The number of hydrogen-bond donors (Lipinski definition) is 1. The predicted octanol–water partition coefficient (Wildman–Crippen LogP) is 0.626. The first-order valence-electron chi connectivity index (χ1n) is 4.07. The lowest BCUT2D eigenvalue weighted by atomic mass is 10.3. The van der Waals surface area contributed by atoms with Gasteiger partial charge in [0.1, 0.15) is 5.69 Å². The van der Waals surface area contributed by atoms with E-state index in [0.29, 0.717) is 6.54 Å². The molecule has 0 spiro atoms. The molecule has 1 aromatic rings. The van der Waals surface area contributed by atoms with Crippen molar-refractivity contribution in [3.63, 3.8) is 0 Å². The van der Waals surface area contributed by atoms with Crippen LogP contribution in [-0.4, -0.2) is 9.78 Å². The lowest BCUT2D eigenvalue weighted by Crippen LogP contribution is -2.24. The highest BCUT2D eigenvalue weighted by atomic mass is 16.1. The summed E-state index contributed by atoms with van der Waals surface area (Å²) < 4.78 is 1.40. The molecule has 66 valence electrons. The van der Waals surface area contributed by atoms with Gasteiger partial charge in [-0.3, -0.25) is 4.79 Å². The minimum absolute atomic E-state index is 0.189. The molecule has 4 heteroatoms. The Morgan fingerprint density at radius 1 is 1.67 bits per heavy atom. The molecule has 4 nitrogen and oxygen atoms in total. The lowest BCUT2D eigenvalue weighted by Gasteiger charge is -2.02. The molecule has 0 atom stereocenters. The van der Waals surface area contributed by atoms with E-state index in [2.05, 4.69) is 12.0 Å². The van der Waals surface area contributed by atoms with Gasteiger partial charge in [-0.1, -0.05) is 13.3 Å². The topological polar surface area (TPSA) is 60.9 Å². The van der Waals surface area contributed by atoms with Crippen LogP contribution >= 0.6 is 0 Å². The summed E-state index contributed by atoms with van der Waals surface area (Å²) in [6.07, 6.45) is 3.55. The van der Waals surface area contributed by atoms with Crippen LogP contribution < -0.4 is 11.3 Å². The lowest BCUT2D eigenvalue weighted by molar-refractivity contribution is 0.544. The summed E-state index contributed by atoms with van der Waals surface area (Å²) in [5.74, 6) is 0. The third-order valence-corrected chi connectivity index (χ3v) is 1.66. The van der Waals surface area contributed by atoms with Crippen LogP contribution in [-0.2, 0) is 6.54 Å². The largest absolute Gasteiger partial charge is 0.394 e. The molecule has 2 N–H and O–H groups in total. The molecule has 0 amide bonds. The molecule has 0 aliphatic rings. The van der Waals surface area contributed by atoms with Crippen molar-refractivity contribution < 1.29 is 0 Å². The van der Waals surface area contributed by atoms with E-state index in [4.69, 9.17) is 5.73 Å². The number of unbranched alkanes of at least 4 members (excludes halogenated alkanes) is 1. The Kier molecular flexibility index (Phi) is 2.85. The van der Waals surface area contributed by atoms with Gasteiger partial charge >= 0.3 is 0 Å². The molecule has 12 heavy (non-hydrogen) atoms. The van der Waals surface area contributed by atoms with Crippen molar-refractivity contribution in [3.8, 4) is 0 Å². The fourth-order valence-electron chi connectivity index (χ4n) is 0.934. The molecule has 0 aromatic carbocycles. The summed E-state index contributed by atoms with van der Waals surface area (Å²) in [4.78, 5) is 11.3. The van der Waals surface area contributed by atoms with Crippen molar-refractivity contribution in [1.29, 1.82) is 0 Å². The van der Waals surface area contributed by atoms with Gasteiger partial charge in [-0.15, -0.1) is 0 Å². The van der Waals surface area contributed by atoms with E-state index in [1.54, 1.807) is 6.20 Å². The summed E-state index contributed by atoms with van der Waals surface area (Å²) in [6.45, 7) is 2.72. The Morgan fingerprint density at radius 3 is 3.08 bits per heavy atom. The van der Waals surface area contributed by atoms with Crippen molar-refractivity contribution in [2.75, 3.05) is 5.73 Å². The van der Waals surface area contributed by atoms with Gasteiger partial charge in [0.15, 0.2) is 0 Å². The van der Waals surface area contributed by atoms with E-state index in [0.717, 1.165) is 12.8 Å². The molecule has 0 fully saturated rings. The monoisotopic (exact) mass is 167 g/mol. The highest BCUT2D eigenvalue weighted by Gasteiger charge is 1.98. The van der Waals surface area contributed by atoms with Crippen molar-refractivity contribution >= 4 is 5.69 Å². The first-order valence-corrected chi connectivity index (χ1v) is 4.07. The standard InChI is InChI=1S/C8H13N3O/c1-2-3-6-11-8(12)7(9)4-5-10-11/h4-5H,2-3,6,9H2,1H3. The Bertz CT molecular complexity index is 305. The van der Waals surface area contributed by atoms with Gasteiger partial charge in [0.2, 0.25) is 0 Å². The third-order valence-electron chi connectivity index (χ3n) is 1.66. The molecule has 0 radical (unpaired) electrons. The van der Waals surface area contributed by atoms with E-state index in [1.807, 2.05) is 0 Å². The van der Waals surface area contributed by atoms with Crippen molar-refractivity contribution in [2.24, 2.45) is 0 Å².